The Kier molecular flexibility index (Phi) is 9.70. The van der Waals surface area contributed by atoms with Crippen LogP contribution in [0.2, 0.25) is 0 Å². The number of halogens is 2. The molecule has 0 saturated carbocycles. The molecule has 28 heavy (non-hydrogen) atoms. The zero-order valence-electron chi connectivity index (χ0n) is 16.4. The second-order valence-electron chi connectivity index (χ2n) is 7.84. The zero-order chi connectivity index (χ0) is 18.6. The minimum atomic E-state index is -0.478. The Hall–Kier alpha value is -1.34. The van der Waals surface area contributed by atoms with Crippen LogP contribution in [0.15, 0.2) is 24.3 Å². The van der Waals surface area contributed by atoms with Crippen molar-refractivity contribution >= 4 is 42.3 Å². The van der Waals surface area contributed by atoms with E-state index in [0.717, 1.165) is 64.0 Å². The number of primary amides is 1. The maximum absolute atomic E-state index is 12.6. The van der Waals surface area contributed by atoms with Crippen LogP contribution in [0.4, 0.5) is 5.69 Å². The number of hydrogen-bond donors (Lipinski definition) is 3. The van der Waals surface area contributed by atoms with Crippen LogP contribution in [-0.4, -0.2) is 41.9 Å². The van der Waals surface area contributed by atoms with Gasteiger partial charge in [-0.2, -0.15) is 0 Å². The first-order valence-electron chi connectivity index (χ1n) is 9.63. The summed E-state index contributed by atoms with van der Waals surface area (Å²) in [6.07, 6.45) is 4.98. The average molecular weight is 431 g/mol. The summed E-state index contributed by atoms with van der Waals surface area (Å²) >= 11 is 0. The van der Waals surface area contributed by atoms with Gasteiger partial charge in [0.15, 0.2) is 0 Å². The van der Waals surface area contributed by atoms with Crippen LogP contribution in [0, 0.1) is 5.92 Å². The van der Waals surface area contributed by atoms with E-state index in [0.29, 0.717) is 0 Å². The van der Waals surface area contributed by atoms with Crippen LogP contribution in [0.5, 0.6) is 0 Å². The molecule has 8 heteroatoms. The number of piperidine rings is 2. The number of hydrogen-bond acceptors (Lipinski definition) is 4. The summed E-state index contributed by atoms with van der Waals surface area (Å²) in [5.41, 5.74) is 6.97. The van der Waals surface area contributed by atoms with E-state index in [9.17, 15) is 9.59 Å². The van der Waals surface area contributed by atoms with E-state index in [1.807, 2.05) is 31.2 Å². The molecule has 6 nitrogen and oxygen atoms in total. The van der Waals surface area contributed by atoms with Crippen LogP contribution in [0.1, 0.15) is 44.6 Å². The van der Waals surface area contributed by atoms with Gasteiger partial charge in [0, 0.05) is 18.8 Å². The fraction of sp³-hybridized carbons (Fsp3) is 0.600. The Bertz CT molecular complexity index is 648. The van der Waals surface area contributed by atoms with Crippen molar-refractivity contribution in [3.63, 3.8) is 0 Å². The molecule has 1 aromatic carbocycles. The van der Waals surface area contributed by atoms with Gasteiger partial charge in [0.25, 0.3) is 0 Å². The van der Waals surface area contributed by atoms with Gasteiger partial charge in [-0.1, -0.05) is 12.1 Å². The Morgan fingerprint density at radius 2 is 1.93 bits per heavy atom. The fourth-order valence-corrected chi connectivity index (χ4v) is 3.90. The first kappa shape index (κ1) is 24.7. The van der Waals surface area contributed by atoms with Gasteiger partial charge in [0.1, 0.15) is 0 Å². The topological polar surface area (TPSA) is 87.5 Å². The smallest absolute Gasteiger partial charge is 0.244 e. The number of amides is 2. The first-order chi connectivity index (χ1) is 12.5. The Morgan fingerprint density at radius 1 is 1.21 bits per heavy atom. The molecule has 2 atom stereocenters. The normalized spacial score (nSPS) is 25.1. The lowest BCUT2D eigenvalue weighted by atomic mass is 9.90. The van der Waals surface area contributed by atoms with Crippen molar-refractivity contribution in [3.05, 3.63) is 29.8 Å². The van der Waals surface area contributed by atoms with Gasteiger partial charge in [-0.3, -0.25) is 14.5 Å². The van der Waals surface area contributed by atoms with Crippen molar-refractivity contribution in [1.29, 1.82) is 0 Å². The molecule has 2 saturated heterocycles. The van der Waals surface area contributed by atoms with Crippen molar-refractivity contribution in [2.75, 3.05) is 25.0 Å². The summed E-state index contributed by atoms with van der Waals surface area (Å²) in [4.78, 5) is 26.2. The molecule has 2 aliphatic heterocycles. The van der Waals surface area contributed by atoms with E-state index in [1.165, 1.54) is 5.56 Å². The lowest BCUT2D eigenvalue weighted by Gasteiger charge is -2.33. The predicted octanol–water partition coefficient (Wildman–Crippen LogP) is 2.70. The van der Waals surface area contributed by atoms with E-state index in [2.05, 4.69) is 15.5 Å². The van der Waals surface area contributed by atoms with Crippen LogP contribution in [0.3, 0.4) is 0 Å². The molecule has 0 radical (unpaired) electrons. The van der Waals surface area contributed by atoms with Gasteiger partial charge in [-0.15, -0.1) is 24.8 Å². The molecule has 2 aliphatic rings. The van der Waals surface area contributed by atoms with E-state index in [1.54, 1.807) is 0 Å². The quantitative estimate of drug-likeness (QED) is 0.669. The number of nitrogens with one attached hydrogen (secondary N) is 2. The minimum Gasteiger partial charge on any atom is -0.369 e. The molecule has 0 aromatic heterocycles. The van der Waals surface area contributed by atoms with Crippen LogP contribution in [-0.2, 0) is 16.1 Å². The monoisotopic (exact) mass is 430 g/mol. The molecule has 0 spiro atoms. The molecule has 3 rings (SSSR count). The van der Waals surface area contributed by atoms with E-state index >= 15 is 0 Å². The lowest BCUT2D eigenvalue weighted by molar-refractivity contribution is -0.123. The predicted molar refractivity (Wildman–Crippen MR) is 117 cm³/mol. The van der Waals surface area contributed by atoms with Crippen LogP contribution >= 0.6 is 24.8 Å². The van der Waals surface area contributed by atoms with Crippen LogP contribution in [0.25, 0.3) is 0 Å². The van der Waals surface area contributed by atoms with Gasteiger partial charge in [-0.25, -0.2) is 0 Å². The van der Waals surface area contributed by atoms with Gasteiger partial charge in [0.05, 0.1) is 11.5 Å². The van der Waals surface area contributed by atoms with Crippen molar-refractivity contribution in [1.82, 2.24) is 10.2 Å². The molecular formula is C20H32Cl2N4O2. The number of nitrogens with zero attached hydrogens (tertiary/aromatic N) is 1. The minimum absolute atomic E-state index is 0. The van der Waals surface area contributed by atoms with Crippen molar-refractivity contribution < 1.29 is 9.59 Å². The Labute approximate surface area is 179 Å². The van der Waals surface area contributed by atoms with Crippen molar-refractivity contribution in [2.24, 2.45) is 11.7 Å². The summed E-state index contributed by atoms with van der Waals surface area (Å²) in [7, 11) is 0. The van der Waals surface area contributed by atoms with E-state index < -0.39 is 5.54 Å². The summed E-state index contributed by atoms with van der Waals surface area (Å²) in [6.45, 7) is 5.40. The maximum Gasteiger partial charge on any atom is 0.244 e. The van der Waals surface area contributed by atoms with Gasteiger partial charge in [0.2, 0.25) is 11.8 Å². The molecule has 1 aromatic rings. The van der Waals surface area contributed by atoms with Crippen molar-refractivity contribution in [3.8, 4) is 0 Å². The SMILES string of the molecule is CC1(C(=O)Nc2ccc(CN3CCCC(C(N)=O)C3)cc2)CCCCN1.Cl.Cl. The number of anilines is 1. The molecule has 0 aliphatic carbocycles. The molecule has 2 fully saturated rings. The van der Waals surface area contributed by atoms with Gasteiger partial charge >= 0.3 is 0 Å². The molecular weight excluding hydrogens is 399 g/mol. The number of likely N-dealkylation sites (tertiary alicyclic amines) is 1. The largest absolute Gasteiger partial charge is 0.369 e. The highest BCUT2D eigenvalue weighted by Crippen LogP contribution is 2.22. The van der Waals surface area contributed by atoms with Crippen molar-refractivity contribution in [2.45, 2.75) is 51.1 Å². The number of nitrogens with two attached hydrogens (primary N) is 1. The van der Waals surface area contributed by atoms with E-state index in [-0.39, 0.29) is 42.5 Å². The van der Waals surface area contributed by atoms with E-state index in [4.69, 9.17) is 5.73 Å². The highest BCUT2D eigenvalue weighted by molar-refractivity contribution is 5.97. The first-order valence-corrected chi connectivity index (χ1v) is 9.63. The lowest BCUT2D eigenvalue weighted by Crippen LogP contribution is -2.54. The second-order valence-corrected chi connectivity index (χ2v) is 7.84. The summed E-state index contributed by atoms with van der Waals surface area (Å²) in [6, 6.07) is 7.99. The standard InChI is InChI=1S/C20H30N4O2.2ClH/c1-20(10-2-3-11-22-20)19(26)23-17-8-6-15(7-9-17)13-24-12-4-5-16(14-24)18(21)25;;/h6-9,16,22H,2-5,10-14H2,1H3,(H2,21,25)(H,23,26);2*1H. The third-order valence-electron chi connectivity index (χ3n) is 5.65. The summed E-state index contributed by atoms with van der Waals surface area (Å²) in [5, 5.41) is 6.37. The number of benzene rings is 1. The maximum atomic E-state index is 12.6. The molecule has 0 bridgehead atoms. The third-order valence-corrected chi connectivity index (χ3v) is 5.65. The third kappa shape index (κ3) is 6.34. The van der Waals surface area contributed by atoms with Gasteiger partial charge in [-0.05, 0) is 69.8 Å². The highest BCUT2D eigenvalue weighted by Gasteiger charge is 2.34. The summed E-state index contributed by atoms with van der Waals surface area (Å²) < 4.78 is 0. The summed E-state index contributed by atoms with van der Waals surface area (Å²) in [5.74, 6) is -0.200. The fourth-order valence-electron chi connectivity index (χ4n) is 3.90. The molecule has 2 unspecified atom stereocenters. The molecule has 2 heterocycles. The Morgan fingerprint density at radius 3 is 2.54 bits per heavy atom. The number of carbonyl (C=O) groups excluding carboxylic acids is 2. The molecule has 4 N–H and O–H groups in total. The number of carbonyl (C=O) groups is 2. The van der Waals surface area contributed by atoms with Gasteiger partial charge < -0.3 is 16.4 Å². The highest BCUT2D eigenvalue weighted by atomic mass is 35.5. The second kappa shape index (κ2) is 11.0. The van der Waals surface area contributed by atoms with Crippen LogP contribution < -0.4 is 16.4 Å². The Balaban J connectivity index is 0.00000196. The molecule has 2 amide bonds. The average Bonchev–Trinajstić information content (AvgIpc) is 2.64. The molecule has 158 valence electrons. The number of rotatable bonds is 5. The zero-order valence-corrected chi connectivity index (χ0v) is 18.0.